The quantitative estimate of drug-likeness (QED) is 0.739. The maximum atomic E-state index is 11.5. The third-order valence-corrected chi connectivity index (χ3v) is 1.76. The standard InChI is InChI=1S/C10H14N2O2/c1-3-12(10(13)14-4-2)9-6-5-7-11-8-9/h5-8H,3-4H2,1-2H3. The normalized spacial score (nSPS) is 9.57. The predicted molar refractivity (Wildman–Crippen MR) is 54.3 cm³/mol. The van der Waals surface area contributed by atoms with Gasteiger partial charge in [0.2, 0.25) is 0 Å². The second-order valence-corrected chi connectivity index (χ2v) is 2.65. The van der Waals surface area contributed by atoms with E-state index in [1.54, 1.807) is 25.4 Å². The Balaban J connectivity index is 2.77. The van der Waals surface area contributed by atoms with Gasteiger partial charge in [-0.25, -0.2) is 4.79 Å². The van der Waals surface area contributed by atoms with E-state index in [-0.39, 0.29) is 6.09 Å². The Hall–Kier alpha value is -1.58. The second kappa shape index (κ2) is 5.21. The van der Waals surface area contributed by atoms with E-state index in [2.05, 4.69) is 4.98 Å². The van der Waals surface area contributed by atoms with Gasteiger partial charge in [0.1, 0.15) is 0 Å². The topological polar surface area (TPSA) is 42.4 Å². The number of nitrogens with zero attached hydrogens (tertiary/aromatic N) is 2. The molecule has 0 bridgehead atoms. The Morgan fingerprint density at radius 2 is 2.36 bits per heavy atom. The maximum absolute atomic E-state index is 11.5. The lowest BCUT2D eigenvalue weighted by atomic mass is 10.4. The first-order valence-corrected chi connectivity index (χ1v) is 4.63. The molecular formula is C10H14N2O2. The summed E-state index contributed by atoms with van der Waals surface area (Å²) < 4.78 is 4.91. The molecule has 0 aromatic carbocycles. The van der Waals surface area contributed by atoms with E-state index in [0.717, 1.165) is 5.69 Å². The summed E-state index contributed by atoms with van der Waals surface area (Å²) in [6, 6.07) is 3.62. The van der Waals surface area contributed by atoms with Crippen molar-refractivity contribution in [1.82, 2.24) is 4.98 Å². The molecule has 0 atom stereocenters. The molecule has 0 fully saturated rings. The van der Waals surface area contributed by atoms with Gasteiger partial charge in [0.05, 0.1) is 18.5 Å². The lowest BCUT2D eigenvalue weighted by molar-refractivity contribution is 0.160. The summed E-state index contributed by atoms with van der Waals surface area (Å²) in [6.07, 6.45) is 2.98. The molecule has 0 saturated heterocycles. The highest BCUT2D eigenvalue weighted by molar-refractivity contribution is 5.87. The molecule has 0 aliphatic heterocycles. The monoisotopic (exact) mass is 194 g/mol. The molecule has 1 amide bonds. The lowest BCUT2D eigenvalue weighted by Crippen LogP contribution is -2.31. The van der Waals surface area contributed by atoms with Gasteiger partial charge in [-0.05, 0) is 26.0 Å². The minimum absolute atomic E-state index is 0.331. The number of carbonyl (C=O) groups is 1. The van der Waals surface area contributed by atoms with Crippen LogP contribution in [0.5, 0.6) is 0 Å². The van der Waals surface area contributed by atoms with Crippen LogP contribution in [-0.2, 0) is 4.74 Å². The maximum Gasteiger partial charge on any atom is 0.414 e. The largest absolute Gasteiger partial charge is 0.449 e. The molecule has 0 radical (unpaired) electrons. The number of carbonyl (C=O) groups excluding carboxylic acids is 1. The van der Waals surface area contributed by atoms with Crippen LogP contribution in [-0.4, -0.2) is 24.2 Å². The van der Waals surface area contributed by atoms with Crippen molar-refractivity contribution in [2.24, 2.45) is 0 Å². The number of hydrogen-bond acceptors (Lipinski definition) is 3. The molecular weight excluding hydrogens is 180 g/mol. The number of aromatic nitrogens is 1. The fourth-order valence-electron chi connectivity index (χ4n) is 1.13. The first-order valence-electron chi connectivity index (χ1n) is 4.63. The number of anilines is 1. The summed E-state index contributed by atoms with van der Waals surface area (Å²) >= 11 is 0. The summed E-state index contributed by atoms with van der Waals surface area (Å²) in [7, 11) is 0. The number of hydrogen-bond donors (Lipinski definition) is 0. The van der Waals surface area contributed by atoms with E-state index >= 15 is 0 Å². The van der Waals surface area contributed by atoms with Crippen LogP contribution >= 0.6 is 0 Å². The molecule has 0 aliphatic carbocycles. The molecule has 1 heterocycles. The van der Waals surface area contributed by atoms with E-state index in [1.165, 1.54) is 4.90 Å². The smallest absolute Gasteiger partial charge is 0.414 e. The van der Waals surface area contributed by atoms with E-state index in [1.807, 2.05) is 13.0 Å². The average molecular weight is 194 g/mol. The molecule has 76 valence electrons. The van der Waals surface area contributed by atoms with Crippen molar-refractivity contribution in [3.63, 3.8) is 0 Å². The van der Waals surface area contributed by atoms with Crippen LogP contribution in [0.2, 0.25) is 0 Å². The predicted octanol–water partition coefficient (Wildman–Crippen LogP) is 2.06. The zero-order valence-corrected chi connectivity index (χ0v) is 8.43. The van der Waals surface area contributed by atoms with Gasteiger partial charge in [0.15, 0.2) is 0 Å². The molecule has 0 saturated carbocycles. The molecule has 0 unspecified atom stereocenters. The Kier molecular flexibility index (Phi) is 3.91. The lowest BCUT2D eigenvalue weighted by Gasteiger charge is -2.19. The Morgan fingerprint density at radius 1 is 1.57 bits per heavy atom. The van der Waals surface area contributed by atoms with E-state index in [9.17, 15) is 4.79 Å². The highest BCUT2D eigenvalue weighted by Crippen LogP contribution is 2.12. The van der Waals surface area contributed by atoms with Crippen LogP contribution < -0.4 is 4.90 Å². The van der Waals surface area contributed by atoms with Crippen molar-refractivity contribution in [2.75, 3.05) is 18.1 Å². The van der Waals surface area contributed by atoms with Crippen molar-refractivity contribution in [3.8, 4) is 0 Å². The highest BCUT2D eigenvalue weighted by Gasteiger charge is 2.13. The van der Waals surface area contributed by atoms with E-state index in [0.29, 0.717) is 13.2 Å². The summed E-state index contributed by atoms with van der Waals surface area (Å²) in [5, 5.41) is 0. The number of pyridine rings is 1. The molecule has 0 spiro atoms. The van der Waals surface area contributed by atoms with Gasteiger partial charge in [0, 0.05) is 12.7 Å². The molecule has 4 heteroatoms. The minimum Gasteiger partial charge on any atom is -0.449 e. The zero-order chi connectivity index (χ0) is 10.4. The van der Waals surface area contributed by atoms with Crippen LogP contribution in [0.3, 0.4) is 0 Å². The Labute approximate surface area is 83.5 Å². The first kappa shape index (κ1) is 10.5. The van der Waals surface area contributed by atoms with Gasteiger partial charge in [-0.2, -0.15) is 0 Å². The first-order chi connectivity index (χ1) is 6.79. The number of amides is 1. The zero-order valence-electron chi connectivity index (χ0n) is 8.43. The average Bonchev–Trinajstić information content (AvgIpc) is 2.21. The van der Waals surface area contributed by atoms with Crippen molar-refractivity contribution >= 4 is 11.8 Å². The van der Waals surface area contributed by atoms with Gasteiger partial charge >= 0.3 is 6.09 Å². The van der Waals surface area contributed by atoms with Crippen molar-refractivity contribution < 1.29 is 9.53 Å². The van der Waals surface area contributed by atoms with Crippen LogP contribution in [0.1, 0.15) is 13.8 Å². The van der Waals surface area contributed by atoms with Crippen LogP contribution in [0, 0.1) is 0 Å². The van der Waals surface area contributed by atoms with Gasteiger partial charge in [-0.1, -0.05) is 0 Å². The number of rotatable bonds is 3. The molecule has 14 heavy (non-hydrogen) atoms. The molecule has 1 aromatic rings. The Bertz CT molecular complexity index is 287. The summed E-state index contributed by atoms with van der Waals surface area (Å²) in [6.45, 7) is 4.64. The van der Waals surface area contributed by atoms with Gasteiger partial charge in [-0.3, -0.25) is 9.88 Å². The fourth-order valence-corrected chi connectivity index (χ4v) is 1.13. The second-order valence-electron chi connectivity index (χ2n) is 2.65. The van der Waals surface area contributed by atoms with Gasteiger partial charge in [0.25, 0.3) is 0 Å². The van der Waals surface area contributed by atoms with Crippen LogP contribution in [0.15, 0.2) is 24.5 Å². The summed E-state index contributed by atoms with van der Waals surface area (Å²) in [5.74, 6) is 0. The van der Waals surface area contributed by atoms with Crippen molar-refractivity contribution in [1.29, 1.82) is 0 Å². The third-order valence-electron chi connectivity index (χ3n) is 1.76. The van der Waals surface area contributed by atoms with Crippen LogP contribution in [0.4, 0.5) is 10.5 Å². The van der Waals surface area contributed by atoms with E-state index in [4.69, 9.17) is 4.74 Å². The molecule has 1 rings (SSSR count). The fraction of sp³-hybridized carbons (Fsp3) is 0.400. The summed E-state index contributed by atoms with van der Waals surface area (Å²) in [5.41, 5.74) is 0.758. The van der Waals surface area contributed by atoms with E-state index < -0.39 is 0 Å². The van der Waals surface area contributed by atoms with Crippen molar-refractivity contribution in [3.05, 3.63) is 24.5 Å². The van der Waals surface area contributed by atoms with Crippen LogP contribution in [0.25, 0.3) is 0 Å². The SMILES string of the molecule is CCOC(=O)N(CC)c1cccnc1. The van der Waals surface area contributed by atoms with Gasteiger partial charge < -0.3 is 4.74 Å². The van der Waals surface area contributed by atoms with Gasteiger partial charge in [-0.15, -0.1) is 0 Å². The summed E-state index contributed by atoms with van der Waals surface area (Å²) in [4.78, 5) is 16.9. The molecule has 4 nitrogen and oxygen atoms in total. The number of ether oxygens (including phenoxy) is 1. The minimum atomic E-state index is -0.331. The Morgan fingerprint density at radius 3 is 2.86 bits per heavy atom. The molecule has 0 aliphatic rings. The molecule has 1 aromatic heterocycles. The third kappa shape index (κ3) is 2.45. The van der Waals surface area contributed by atoms with Crippen molar-refractivity contribution in [2.45, 2.75) is 13.8 Å². The highest BCUT2D eigenvalue weighted by atomic mass is 16.6. The molecule has 0 N–H and O–H groups in total.